The number of carbonyl (C=O) groups is 1. The summed E-state index contributed by atoms with van der Waals surface area (Å²) in [6.45, 7) is -0.0851. The molecule has 0 fully saturated rings. The summed E-state index contributed by atoms with van der Waals surface area (Å²) < 4.78 is 7.11. The van der Waals surface area contributed by atoms with Crippen LogP contribution in [0.25, 0.3) is 16.9 Å². The molecule has 7 nitrogen and oxygen atoms in total. The SMILES string of the molecule is O=C(NCC(O)COc1cccc(Cl)c1Cl)c1cnn2c(-c3ccccc3)ccnc12. The summed E-state index contributed by atoms with van der Waals surface area (Å²) in [6.07, 6.45) is 2.14. The summed E-state index contributed by atoms with van der Waals surface area (Å²) >= 11 is 12.0. The van der Waals surface area contributed by atoms with E-state index in [4.69, 9.17) is 27.9 Å². The number of aliphatic hydroxyl groups excluding tert-OH is 1. The predicted molar refractivity (Wildman–Crippen MR) is 119 cm³/mol. The molecule has 0 saturated carbocycles. The van der Waals surface area contributed by atoms with Crippen LogP contribution in [-0.4, -0.2) is 44.9 Å². The minimum atomic E-state index is -0.950. The Morgan fingerprint density at radius 1 is 1.13 bits per heavy atom. The van der Waals surface area contributed by atoms with Gasteiger partial charge in [-0.1, -0.05) is 59.6 Å². The zero-order valence-corrected chi connectivity index (χ0v) is 17.7. The number of halogens is 2. The number of ether oxygens (including phenoxy) is 1. The van der Waals surface area contributed by atoms with Crippen LogP contribution in [0.4, 0.5) is 0 Å². The number of hydrogen-bond acceptors (Lipinski definition) is 5. The summed E-state index contributed by atoms with van der Waals surface area (Å²) in [5.41, 5.74) is 2.51. The minimum Gasteiger partial charge on any atom is -0.489 e. The highest BCUT2D eigenvalue weighted by molar-refractivity contribution is 6.42. The van der Waals surface area contributed by atoms with E-state index in [2.05, 4.69) is 15.4 Å². The maximum Gasteiger partial charge on any atom is 0.256 e. The normalized spacial score (nSPS) is 12.0. The van der Waals surface area contributed by atoms with Crippen LogP contribution in [0.1, 0.15) is 10.4 Å². The summed E-state index contributed by atoms with van der Waals surface area (Å²) in [6, 6.07) is 16.5. The predicted octanol–water partition coefficient (Wildman–Crippen LogP) is 3.87. The van der Waals surface area contributed by atoms with Gasteiger partial charge in [-0.2, -0.15) is 5.10 Å². The summed E-state index contributed by atoms with van der Waals surface area (Å²) in [5.74, 6) is -0.0348. The van der Waals surface area contributed by atoms with Gasteiger partial charge in [0.05, 0.1) is 16.9 Å². The molecule has 4 aromatic rings. The average molecular weight is 457 g/mol. The molecule has 2 N–H and O–H groups in total. The van der Waals surface area contributed by atoms with Crippen LogP contribution in [0, 0.1) is 0 Å². The molecule has 0 bridgehead atoms. The topological polar surface area (TPSA) is 88.8 Å². The number of hydrogen-bond donors (Lipinski definition) is 2. The Morgan fingerprint density at radius 2 is 1.94 bits per heavy atom. The highest BCUT2D eigenvalue weighted by atomic mass is 35.5. The first kappa shape index (κ1) is 21.1. The van der Waals surface area contributed by atoms with Gasteiger partial charge in [0, 0.05) is 18.3 Å². The molecule has 0 spiro atoms. The quantitative estimate of drug-likeness (QED) is 0.440. The monoisotopic (exact) mass is 456 g/mol. The van der Waals surface area contributed by atoms with Gasteiger partial charge in [0.1, 0.15) is 29.0 Å². The Balaban J connectivity index is 1.41. The lowest BCUT2D eigenvalue weighted by Gasteiger charge is -2.14. The van der Waals surface area contributed by atoms with Crippen LogP contribution in [0.3, 0.4) is 0 Å². The number of nitrogens with one attached hydrogen (secondary N) is 1. The lowest BCUT2D eigenvalue weighted by Crippen LogP contribution is -2.35. The molecule has 0 radical (unpaired) electrons. The Hall–Kier alpha value is -3.13. The van der Waals surface area contributed by atoms with Crippen molar-refractivity contribution in [3.63, 3.8) is 0 Å². The summed E-state index contributed by atoms with van der Waals surface area (Å²) in [4.78, 5) is 16.9. The first-order valence-corrected chi connectivity index (χ1v) is 10.2. The van der Waals surface area contributed by atoms with Crippen molar-refractivity contribution in [1.29, 1.82) is 0 Å². The summed E-state index contributed by atoms with van der Waals surface area (Å²) in [7, 11) is 0. The Bertz CT molecular complexity index is 1210. The second-order valence-corrected chi connectivity index (χ2v) is 7.50. The number of benzene rings is 2. The van der Waals surface area contributed by atoms with Gasteiger partial charge in [-0.15, -0.1) is 0 Å². The number of aliphatic hydroxyl groups is 1. The van der Waals surface area contributed by atoms with E-state index < -0.39 is 12.0 Å². The van der Waals surface area contributed by atoms with Gasteiger partial charge in [-0.3, -0.25) is 4.79 Å². The van der Waals surface area contributed by atoms with Crippen LogP contribution in [0.2, 0.25) is 10.0 Å². The van der Waals surface area contributed by atoms with Crippen LogP contribution < -0.4 is 10.1 Å². The number of aromatic nitrogens is 3. The number of carbonyl (C=O) groups excluding carboxylic acids is 1. The molecule has 0 saturated heterocycles. The van der Waals surface area contributed by atoms with Gasteiger partial charge in [0.15, 0.2) is 5.65 Å². The van der Waals surface area contributed by atoms with Crippen LogP contribution in [0.5, 0.6) is 5.75 Å². The standard InChI is InChI=1S/C22H18Cl2N4O3/c23-17-7-4-8-19(20(17)24)31-13-15(29)11-26-22(30)16-12-27-28-18(9-10-25-21(16)28)14-5-2-1-3-6-14/h1-10,12,15,29H,11,13H2,(H,26,30). The maximum absolute atomic E-state index is 12.7. The third kappa shape index (κ3) is 4.64. The van der Waals surface area contributed by atoms with Crippen molar-refractivity contribution in [2.75, 3.05) is 13.2 Å². The number of rotatable bonds is 7. The van der Waals surface area contributed by atoms with Gasteiger partial charge in [-0.05, 0) is 18.2 Å². The highest BCUT2D eigenvalue weighted by Gasteiger charge is 2.17. The number of amides is 1. The first-order chi connectivity index (χ1) is 15.0. The van der Waals surface area contributed by atoms with E-state index in [0.717, 1.165) is 11.3 Å². The van der Waals surface area contributed by atoms with Crippen LogP contribution >= 0.6 is 23.2 Å². The zero-order valence-electron chi connectivity index (χ0n) is 16.2. The second-order valence-electron chi connectivity index (χ2n) is 6.72. The molecule has 2 aromatic heterocycles. The van der Waals surface area contributed by atoms with E-state index in [1.807, 2.05) is 36.4 Å². The number of nitrogens with zero attached hydrogens (tertiary/aromatic N) is 3. The van der Waals surface area contributed by atoms with E-state index in [1.54, 1.807) is 28.9 Å². The van der Waals surface area contributed by atoms with E-state index >= 15 is 0 Å². The Labute approximate surface area is 188 Å². The fourth-order valence-corrected chi connectivity index (χ4v) is 3.37. The van der Waals surface area contributed by atoms with Crippen molar-refractivity contribution in [2.24, 2.45) is 0 Å². The lowest BCUT2D eigenvalue weighted by molar-refractivity contribution is 0.0845. The molecular weight excluding hydrogens is 439 g/mol. The van der Waals surface area contributed by atoms with E-state index in [-0.39, 0.29) is 18.2 Å². The third-order valence-electron chi connectivity index (χ3n) is 4.56. The fourth-order valence-electron chi connectivity index (χ4n) is 3.03. The van der Waals surface area contributed by atoms with Gasteiger partial charge < -0.3 is 15.2 Å². The molecule has 1 atom stereocenters. The summed E-state index contributed by atoms with van der Waals surface area (Å²) in [5, 5.41) is 17.8. The van der Waals surface area contributed by atoms with Crippen molar-refractivity contribution in [3.8, 4) is 17.0 Å². The number of fused-ring (bicyclic) bond motifs is 1. The highest BCUT2D eigenvalue weighted by Crippen LogP contribution is 2.31. The molecule has 31 heavy (non-hydrogen) atoms. The Kier molecular flexibility index (Phi) is 6.36. The fraction of sp³-hybridized carbons (Fsp3) is 0.136. The van der Waals surface area contributed by atoms with Gasteiger partial charge in [-0.25, -0.2) is 9.50 Å². The molecule has 1 amide bonds. The molecule has 2 heterocycles. The molecule has 1 unspecified atom stereocenters. The van der Waals surface area contributed by atoms with Crippen LogP contribution in [0.15, 0.2) is 67.0 Å². The lowest BCUT2D eigenvalue weighted by atomic mass is 10.1. The minimum absolute atomic E-state index is 0.0211. The first-order valence-electron chi connectivity index (χ1n) is 9.46. The molecule has 0 aliphatic rings. The third-order valence-corrected chi connectivity index (χ3v) is 5.36. The largest absolute Gasteiger partial charge is 0.489 e. The molecule has 2 aromatic carbocycles. The van der Waals surface area contributed by atoms with E-state index in [1.165, 1.54) is 6.20 Å². The van der Waals surface area contributed by atoms with Crippen molar-refractivity contribution in [3.05, 3.63) is 82.6 Å². The van der Waals surface area contributed by atoms with E-state index in [0.29, 0.717) is 22.0 Å². The average Bonchev–Trinajstić information content (AvgIpc) is 3.23. The van der Waals surface area contributed by atoms with Gasteiger partial charge in [0.2, 0.25) is 0 Å². The zero-order chi connectivity index (χ0) is 21.8. The maximum atomic E-state index is 12.7. The Morgan fingerprint density at radius 3 is 2.74 bits per heavy atom. The van der Waals surface area contributed by atoms with Crippen molar-refractivity contribution in [1.82, 2.24) is 19.9 Å². The molecule has 4 rings (SSSR count). The second kappa shape index (κ2) is 9.34. The van der Waals surface area contributed by atoms with E-state index in [9.17, 15) is 9.90 Å². The molecule has 158 valence electrons. The van der Waals surface area contributed by atoms with Crippen LogP contribution in [-0.2, 0) is 0 Å². The van der Waals surface area contributed by atoms with Gasteiger partial charge in [0.25, 0.3) is 5.91 Å². The molecule has 0 aliphatic carbocycles. The molecule has 9 heteroatoms. The van der Waals surface area contributed by atoms with Crippen molar-refractivity contribution in [2.45, 2.75) is 6.10 Å². The molecule has 0 aliphatic heterocycles. The molecular formula is C22H18Cl2N4O3. The van der Waals surface area contributed by atoms with Gasteiger partial charge >= 0.3 is 0 Å². The smallest absolute Gasteiger partial charge is 0.256 e. The van der Waals surface area contributed by atoms with Crippen molar-refractivity contribution >= 4 is 34.8 Å². The van der Waals surface area contributed by atoms with Crippen molar-refractivity contribution < 1.29 is 14.6 Å².